The smallest absolute Gasteiger partial charge is 0.191 e. The van der Waals surface area contributed by atoms with Crippen molar-refractivity contribution in [2.24, 2.45) is 4.99 Å². The van der Waals surface area contributed by atoms with Crippen LogP contribution in [0.2, 0.25) is 0 Å². The van der Waals surface area contributed by atoms with E-state index in [1.165, 1.54) is 0 Å². The van der Waals surface area contributed by atoms with Crippen molar-refractivity contribution in [2.75, 3.05) is 54.6 Å². The molecule has 1 aliphatic rings. The molecule has 2 rings (SSSR count). The van der Waals surface area contributed by atoms with Crippen LogP contribution in [-0.2, 0) is 4.74 Å². The molecule has 1 heterocycles. The molecule has 7 nitrogen and oxygen atoms in total. The Hall–Kier alpha value is -1.26. The van der Waals surface area contributed by atoms with E-state index in [1.54, 1.807) is 14.2 Å². The lowest BCUT2D eigenvalue weighted by Crippen LogP contribution is -2.42. The molecule has 0 radical (unpaired) electrons. The van der Waals surface area contributed by atoms with Crippen molar-refractivity contribution in [3.05, 3.63) is 23.8 Å². The second-order valence-corrected chi connectivity index (χ2v) is 7.57. The topological polar surface area (TPSA) is 67.4 Å². The highest BCUT2D eigenvalue weighted by atomic mass is 127. The predicted molar refractivity (Wildman–Crippen MR) is 129 cm³/mol. The minimum atomic E-state index is -0.146. The van der Waals surface area contributed by atoms with E-state index >= 15 is 0 Å². The average Bonchev–Trinajstić information content (AvgIpc) is 3.12. The number of methoxy groups -OCH3 is 2. The van der Waals surface area contributed by atoms with Gasteiger partial charge in [-0.2, -0.15) is 0 Å². The molecule has 0 aliphatic carbocycles. The summed E-state index contributed by atoms with van der Waals surface area (Å²) in [5.41, 5.74) is 1.00. The summed E-state index contributed by atoms with van der Waals surface area (Å²) in [4.78, 5) is 6.94. The third kappa shape index (κ3) is 7.49. The van der Waals surface area contributed by atoms with Gasteiger partial charge in [0, 0.05) is 19.7 Å². The number of benzene rings is 1. The minimum Gasteiger partial charge on any atom is -0.493 e. The van der Waals surface area contributed by atoms with Crippen LogP contribution in [-0.4, -0.2) is 71.0 Å². The number of rotatable bonds is 9. The third-order valence-corrected chi connectivity index (χ3v) is 5.09. The molecule has 2 N–H and O–H groups in total. The van der Waals surface area contributed by atoms with Crippen molar-refractivity contribution in [3.63, 3.8) is 0 Å². The maximum Gasteiger partial charge on any atom is 0.191 e. The Bertz CT molecular complexity index is 649. The molecule has 8 heteroatoms. The number of halogens is 1. The van der Waals surface area contributed by atoms with E-state index in [4.69, 9.17) is 19.2 Å². The van der Waals surface area contributed by atoms with Gasteiger partial charge in [0.2, 0.25) is 0 Å². The zero-order valence-corrected chi connectivity index (χ0v) is 20.9. The molecular formula is C21H37IN4O3. The maximum atomic E-state index is 5.85. The van der Waals surface area contributed by atoms with Crippen molar-refractivity contribution in [2.45, 2.75) is 38.3 Å². The van der Waals surface area contributed by atoms with Crippen LogP contribution in [0.1, 0.15) is 38.3 Å². The Morgan fingerprint density at radius 1 is 1.24 bits per heavy atom. The van der Waals surface area contributed by atoms with Crippen LogP contribution in [0.15, 0.2) is 23.2 Å². The van der Waals surface area contributed by atoms with Crippen LogP contribution >= 0.6 is 24.0 Å². The maximum absolute atomic E-state index is 5.85. The molecule has 1 fully saturated rings. The van der Waals surface area contributed by atoms with Gasteiger partial charge in [-0.3, -0.25) is 4.99 Å². The van der Waals surface area contributed by atoms with E-state index in [-0.39, 0.29) is 35.6 Å². The Morgan fingerprint density at radius 3 is 2.52 bits per heavy atom. The number of likely N-dealkylation sites (N-methyl/N-ethyl adjacent to an activating group) is 1. The lowest BCUT2D eigenvalue weighted by Gasteiger charge is -2.27. The van der Waals surface area contributed by atoms with E-state index in [2.05, 4.69) is 49.5 Å². The van der Waals surface area contributed by atoms with Gasteiger partial charge in [-0.05, 0) is 58.5 Å². The van der Waals surface area contributed by atoms with Crippen molar-refractivity contribution in [1.82, 2.24) is 15.5 Å². The number of aliphatic imine (C=N–C) groups is 1. The summed E-state index contributed by atoms with van der Waals surface area (Å²) in [6, 6.07) is 6.21. The molecule has 2 atom stereocenters. The SMILES string of the molecule is CCNC(=NCC1(C)CCCO1)NCC(c1ccc(OC)c(OC)c1)N(C)C.I. The predicted octanol–water partition coefficient (Wildman–Crippen LogP) is 3.05. The third-order valence-electron chi connectivity index (χ3n) is 5.09. The fraction of sp³-hybridized carbons (Fsp3) is 0.667. The largest absolute Gasteiger partial charge is 0.493 e. The minimum absolute atomic E-state index is 0. The Labute approximate surface area is 192 Å². The molecule has 0 bridgehead atoms. The number of hydrogen-bond donors (Lipinski definition) is 2. The summed E-state index contributed by atoms with van der Waals surface area (Å²) in [5, 5.41) is 6.81. The highest BCUT2D eigenvalue weighted by molar-refractivity contribution is 14.0. The number of hydrogen-bond acceptors (Lipinski definition) is 5. The summed E-state index contributed by atoms with van der Waals surface area (Å²) in [6.07, 6.45) is 2.17. The lowest BCUT2D eigenvalue weighted by atomic mass is 10.0. The van der Waals surface area contributed by atoms with Crippen LogP contribution in [0, 0.1) is 0 Å². The average molecular weight is 520 g/mol. The molecule has 0 saturated carbocycles. The molecule has 1 saturated heterocycles. The van der Waals surface area contributed by atoms with Gasteiger partial charge in [0.25, 0.3) is 0 Å². The summed E-state index contributed by atoms with van der Waals surface area (Å²) < 4.78 is 16.7. The monoisotopic (exact) mass is 520 g/mol. The van der Waals surface area contributed by atoms with Gasteiger partial charge < -0.3 is 29.7 Å². The van der Waals surface area contributed by atoms with E-state index < -0.39 is 0 Å². The normalized spacial score (nSPS) is 20.2. The summed E-state index contributed by atoms with van der Waals surface area (Å²) in [7, 11) is 7.45. The lowest BCUT2D eigenvalue weighted by molar-refractivity contribution is 0.0283. The van der Waals surface area contributed by atoms with E-state index in [1.807, 2.05) is 12.1 Å². The van der Waals surface area contributed by atoms with Crippen LogP contribution < -0.4 is 20.1 Å². The quantitative estimate of drug-likeness (QED) is 0.297. The first-order chi connectivity index (χ1) is 13.4. The molecule has 1 aromatic carbocycles. The van der Waals surface area contributed by atoms with E-state index in [0.29, 0.717) is 13.1 Å². The highest BCUT2D eigenvalue weighted by Gasteiger charge is 2.29. The van der Waals surface area contributed by atoms with Crippen molar-refractivity contribution < 1.29 is 14.2 Å². The van der Waals surface area contributed by atoms with Crippen LogP contribution in [0.3, 0.4) is 0 Å². The second-order valence-electron chi connectivity index (χ2n) is 7.57. The fourth-order valence-corrected chi connectivity index (χ4v) is 3.40. The zero-order valence-electron chi connectivity index (χ0n) is 18.6. The van der Waals surface area contributed by atoms with Gasteiger partial charge in [0.05, 0.1) is 32.4 Å². The molecule has 1 aliphatic heterocycles. The Balaban J connectivity index is 0.00000420. The van der Waals surface area contributed by atoms with Crippen LogP contribution in [0.5, 0.6) is 11.5 Å². The first-order valence-electron chi connectivity index (χ1n) is 9.97. The molecular weight excluding hydrogens is 483 g/mol. The standard InChI is InChI=1S/C21H36N4O3.HI/c1-7-22-20(24-15-21(2)11-8-12-28-21)23-14-17(25(3)4)16-9-10-18(26-5)19(13-16)27-6;/h9-10,13,17H,7-8,11-12,14-15H2,1-6H3,(H2,22,23,24);1H. The summed E-state index contributed by atoms with van der Waals surface area (Å²) in [5.74, 6) is 2.28. The van der Waals surface area contributed by atoms with Gasteiger partial charge in [0.1, 0.15) is 0 Å². The number of nitrogens with zero attached hydrogens (tertiary/aromatic N) is 2. The fourth-order valence-electron chi connectivity index (χ4n) is 3.40. The molecule has 0 amide bonds. The molecule has 166 valence electrons. The first-order valence-corrected chi connectivity index (χ1v) is 9.97. The Morgan fingerprint density at radius 2 is 1.97 bits per heavy atom. The van der Waals surface area contributed by atoms with E-state index in [0.717, 1.165) is 49.0 Å². The highest BCUT2D eigenvalue weighted by Crippen LogP contribution is 2.31. The molecule has 0 aromatic heterocycles. The molecule has 29 heavy (non-hydrogen) atoms. The van der Waals surface area contributed by atoms with Gasteiger partial charge in [0.15, 0.2) is 17.5 Å². The van der Waals surface area contributed by atoms with Gasteiger partial charge in [-0.15, -0.1) is 24.0 Å². The van der Waals surface area contributed by atoms with Crippen LogP contribution in [0.4, 0.5) is 0 Å². The first kappa shape index (κ1) is 25.8. The number of nitrogens with one attached hydrogen (secondary N) is 2. The van der Waals surface area contributed by atoms with Gasteiger partial charge >= 0.3 is 0 Å². The second kappa shape index (κ2) is 12.4. The van der Waals surface area contributed by atoms with E-state index in [9.17, 15) is 0 Å². The van der Waals surface area contributed by atoms with Gasteiger partial charge in [-0.1, -0.05) is 6.07 Å². The summed E-state index contributed by atoms with van der Waals surface area (Å²) >= 11 is 0. The van der Waals surface area contributed by atoms with Crippen molar-refractivity contribution >= 4 is 29.9 Å². The molecule has 0 spiro atoms. The summed E-state index contributed by atoms with van der Waals surface area (Å²) in [6.45, 7) is 7.23. The van der Waals surface area contributed by atoms with Crippen LogP contribution in [0.25, 0.3) is 0 Å². The number of guanidine groups is 1. The Kier molecular flexibility index (Phi) is 11.1. The molecule has 2 unspecified atom stereocenters. The zero-order chi connectivity index (χ0) is 20.6. The van der Waals surface area contributed by atoms with Gasteiger partial charge in [-0.25, -0.2) is 0 Å². The van der Waals surface area contributed by atoms with Crippen molar-refractivity contribution in [3.8, 4) is 11.5 Å². The van der Waals surface area contributed by atoms with Crippen molar-refractivity contribution in [1.29, 1.82) is 0 Å². The number of ether oxygens (including phenoxy) is 3. The molecule has 1 aromatic rings.